The van der Waals surface area contributed by atoms with Crippen molar-refractivity contribution in [2.75, 3.05) is 18.6 Å². The third kappa shape index (κ3) is 4.67. The number of esters is 1. The first-order valence-electron chi connectivity index (χ1n) is 5.12. The van der Waals surface area contributed by atoms with E-state index in [1.165, 1.54) is 7.11 Å². The molecule has 1 heterocycles. The fraction of sp³-hybridized carbons (Fsp3) is 0.600. The maximum atomic E-state index is 11.0. The Morgan fingerprint density at radius 2 is 2.44 bits per heavy atom. The predicted octanol–water partition coefficient (Wildman–Crippen LogP) is 0.507. The number of nitrogens with zero attached hydrogens (tertiary/aromatic N) is 2. The second-order valence-electron chi connectivity index (χ2n) is 3.30. The van der Waals surface area contributed by atoms with E-state index in [9.17, 15) is 4.79 Å². The standard InChI is InChI=1S/C10H17N3O2S/c1-15-10(14)9(11)3-7-16-8-6-13-5-2-4-12-13/h2,4-5,9H,3,6-8,11H2,1H3. The lowest BCUT2D eigenvalue weighted by molar-refractivity contribution is -0.142. The van der Waals surface area contributed by atoms with Crippen LogP contribution in [0.5, 0.6) is 0 Å². The van der Waals surface area contributed by atoms with Crippen LogP contribution in [-0.2, 0) is 16.1 Å². The Morgan fingerprint density at radius 3 is 3.06 bits per heavy atom. The Labute approximate surface area is 99.3 Å². The Hall–Kier alpha value is -1.01. The molecule has 0 spiro atoms. The van der Waals surface area contributed by atoms with Crippen LogP contribution < -0.4 is 5.73 Å². The molecule has 0 aromatic carbocycles. The number of ether oxygens (including phenoxy) is 1. The third-order valence-electron chi connectivity index (χ3n) is 2.10. The zero-order chi connectivity index (χ0) is 11.8. The molecular weight excluding hydrogens is 226 g/mol. The summed E-state index contributed by atoms with van der Waals surface area (Å²) in [5, 5.41) is 4.10. The van der Waals surface area contributed by atoms with Gasteiger partial charge in [0.05, 0.1) is 7.11 Å². The van der Waals surface area contributed by atoms with Gasteiger partial charge in [-0.05, 0) is 18.2 Å². The van der Waals surface area contributed by atoms with Gasteiger partial charge >= 0.3 is 5.97 Å². The molecule has 1 rings (SSSR count). The summed E-state index contributed by atoms with van der Waals surface area (Å²) in [5.74, 6) is 1.49. The quantitative estimate of drug-likeness (QED) is 0.558. The summed E-state index contributed by atoms with van der Waals surface area (Å²) in [6, 6.07) is 1.40. The molecule has 90 valence electrons. The number of methoxy groups -OCH3 is 1. The van der Waals surface area contributed by atoms with Gasteiger partial charge in [0.2, 0.25) is 0 Å². The average molecular weight is 243 g/mol. The maximum Gasteiger partial charge on any atom is 0.322 e. The summed E-state index contributed by atoms with van der Waals surface area (Å²) in [6.45, 7) is 0.880. The molecule has 5 nitrogen and oxygen atoms in total. The SMILES string of the molecule is COC(=O)C(N)CCSCCn1cccn1. The highest BCUT2D eigenvalue weighted by Crippen LogP contribution is 2.05. The van der Waals surface area contributed by atoms with Crippen LogP contribution in [0.15, 0.2) is 18.5 Å². The molecule has 0 radical (unpaired) electrons. The Balaban J connectivity index is 2.02. The highest BCUT2D eigenvalue weighted by Gasteiger charge is 2.12. The van der Waals surface area contributed by atoms with Gasteiger partial charge in [-0.1, -0.05) is 0 Å². The lowest BCUT2D eigenvalue weighted by Gasteiger charge is -2.08. The van der Waals surface area contributed by atoms with E-state index in [2.05, 4.69) is 9.84 Å². The maximum absolute atomic E-state index is 11.0. The normalized spacial score (nSPS) is 12.4. The monoisotopic (exact) mass is 243 g/mol. The zero-order valence-corrected chi connectivity index (χ0v) is 10.2. The minimum Gasteiger partial charge on any atom is -0.468 e. The Morgan fingerprint density at radius 1 is 1.62 bits per heavy atom. The van der Waals surface area contributed by atoms with Crippen molar-refractivity contribution in [2.45, 2.75) is 19.0 Å². The summed E-state index contributed by atoms with van der Waals surface area (Å²) in [6.07, 6.45) is 4.34. The first-order chi connectivity index (χ1) is 7.74. The molecule has 0 saturated carbocycles. The van der Waals surface area contributed by atoms with Gasteiger partial charge in [0.15, 0.2) is 0 Å². The summed E-state index contributed by atoms with van der Waals surface area (Å²) >= 11 is 1.76. The van der Waals surface area contributed by atoms with E-state index in [4.69, 9.17) is 5.73 Å². The van der Waals surface area contributed by atoms with Gasteiger partial charge in [-0.15, -0.1) is 0 Å². The molecule has 1 aromatic rings. The Kier molecular flexibility index (Phi) is 5.95. The number of rotatable bonds is 7. The molecule has 0 aliphatic carbocycles. The van der Waals surface area contributed by atoms with E-state index in [1.807, 2.05) is 16.9 Å². The highest BCUT2D eigenvalue weighted by molar-refractivity contribution is 7.99. The smallest absolute Gasteiger partial charge is 0.322 e. The minimum atomic E-state index is -0.498. The van der Waals surface area contributed by atoms with Gasteiger partial charge in [-0.3, -0.25) is 9.48 Å². The van der Waals surface area contributed by atoms with Crippen LogP contribution in [0, 0.1) is 0 Å². The van der Waals surface area contributed by atoms with Crippen molar-refractivity contribution in [1.29, 1.82) is 0 Å². The van der Waals surface area contributed by atoms with Crippen molar-refractivity contribution in [3.8, 4) is 0 Å². The average Bonchev–Trinajstić information content (AvgIpc) is 2.80. The van der Waals surface area contributed by atoms with Crippen LogP contribution in [0.2, 0.25) is 0 Å². The number of carbonyl (C=O) groups excluding carboxylic acids is 1. The van der Waals surface area contributed by atoms with Gasteiger partial charge in [0.25, 0.3) is 0 Å². The topological polar surface area (TPSA) is 70.1 Å². The lowest BCUT2D eigenvalue weighted by Crippen LogP contribution is -2.32. The number of hydrogen-bond acceptors (Lipinski definition) is 5. The molecule has 1 unspecified atom stereocenters. The van der Waals surface area contributed by atoms with Crippen molar-refractivity contribution in [3.05, 3.63) is 18.5 Å². The van der Waals surface area contributed by atoms with E-state index >= 15 is 0 Å². The molecule has 0 aliphatic heterocycles. The molecule has 1 atom stereocenters. The number of hydrogen-bond donors (Lipinski definition) is 1. The molecule has 1 aromatic heterocycles. The lowest BCUT2D eigenvalue weighted by atomic mass is 10.2. The van der Waals surface area contributed by atoms with Gasteiger partial charge in [0.1, 0.15) is 6.04 Å². The fourth-order valence-electron chi connectivity index (χ4n) is 1.17. The summed E-state index contributed by atoms with van der Waals surface area (Å²) in [7, 11) is 1.35. The largest absolute Gasteiger partial charge is 0.468 e. The van der Waals surface area contributed by atoms with Gasteiger partial charge in [0, 0.05) is 24.7 Å². The van der Waals surface area contributed by atoms with Gasteiger partial charge in [-0.25, -0.2) is 0 Å². The van der Waals surface area contributed by atoms with E-state index < -0.39 is 6.04 Å². The van der Waals surface area contributed by atoms with Crippen LogP contribution in [0.3, 0.4) is 0 Å². The van der Waals surface area contributed by atoms with Crippen LogP contribution in [0.25, 0.3) is 0 Å². The molecule has 16 heavy (non-hydrogen) atoms. The molecule has 0 saturated heterocycles. The number of carbonyl (C=O) groups is 1. The van der Waals surface area contributed by atoms with Crippen LogP contribution in [0.1, 0.15) is 6.42 Å². The van der Waals surface area contributed by atoms with Crippen molar-refractivity contribution in [3.63, 3.8) is 0 Å². The Bertz CT molecular complexity index is 303. The van der Waals surface area contributed by atoms with E-state index in [1.54, 1.807) is 18.0 Å². The van der Waals surface area contributed by atoms with Crippen LogP contribution in [0.4, 0.5) is 0 Å². The summed E-state index contributed by atoms with van der Waals surface area (Å²) in [5.41, 5.74) is 5.60. The number of aromatic nitrogens is 2. The van der Waals surface area contributed by atoms with E-state index in [0.29, 0.717) is 6.42 Å². The van der Waals surface area contributed by atoms with Crippen molar-refractivity contribution >= 4 is 17.7 Å². The van der Waals surface area contributed by atoms with Crippen LogP contribution >= 0.6 is 11.8 Å². The molecule has 6 heteroatoms. The fourth-order valence-corrected chi connectivity index (χ4v) is 2.11. The third-order valence-corrected chi connectivity index (χ3v) is 3.10. The zero-order valence-electron chi connectivity index (χ0n) is 9.33. The predicted molar refractivity (Wildman–Crippen MR) is 64.2 cm³/mol. The second-order valence-corrected chi connectivity index (χ2v) is 4.52. The van der Waals surface area contributed by atoms with Crippen molar-refractivity contribution in [1.82, 2.24) is 9.78 Å². The second kappa shape index (κ2) is 7.29. The summed E-state index contributed by atoms with van der Waals surface area (Å²) < 4.78 is 6.42. The van der Waals surface area contributed by atoms with E-state index in [-0.39, 0.29) is 5.97 Å². The van der Waals surface area contributed by atoms with Crippen molar-refractivity contribution < 1.29 is 9.53 Å². The van der Waals surface area contributed by atoms with Crippen LogP contribution in [-0.4, -0.2) is 40.4 Å². The first kappa shape index (κ1) is 13.1. The molecular formula is C10H17N3O2S. The molecule has 2 N–H and O–H groups in total. The first-order valence-corrected chi connectivity index (χ1v) is 6.28. The summed E-state index contributed by atoms with van der Waals surface area (Å²) in [4.78, 5) is 11.0. The highest BCUT2D eigenvalue weighted by atomic mass is 32.2. The number of nitrogens with two attached hydrogens (primary N) is 1. The molecule has 0 aliphatic rings. The van der Waals surface area contributed by atoms with Gasteiger partial charge in [-0.2, -0.15) is 16.9 Å². The molecule has 0 fully saturated rings. The van der Waals surface area contributed by atoms with E-state index in [0.717, 1.165) is 18.1 Å². The number of aryl methyl sites for hydroxylation is 1. The number of thioether (sulfide) groups is 1. The van der Waals surface area contributed by atoms with Crippen molar-refractivity contribution in [2.24, 2.45) is 5.73 Å². The molecule has 0 amide bonds. The van der Waals surface area contributed by atoms with Gasteiger partial charge < -0.3 is 10.5 Å². The molecule has 0 bridgehead atoms. The minimum absolute atomic E-state index is 0.340.